The summed E-state index contributed by atoms with van der Waals surface area (Å²) >= 11 is 0. The third kappa shape index (κ3) is 3.61. The minimum absolute atomic E-state index is 0.0309. The van der Waals surface area contributed by atoms with Crippen LogP contribution in [0.2, 0.25) is 0 Å². The van der Waals surface area contributed by atoms with Crippen molar-refractivity contribution in [2.45, 2.75) is 44.2 Å². The van der Waals surface area contributed by atoms with Crippen molar-refractivity contribution >= 4 is 16.3 Å². The van der Waals surface area contributed by atoms with E-state index in [4.69, 9.17) is 18.4 Å². The number of fused-ring (bicyclic) bond motifs is 2. The summed E-state index contributed by atoms with van der Waals surface area (Å²) in [7, 11) is -3.62. The standard InChI is InChI=1S/C14H20O7S/c1-22(16,17)21-13-10-6-5-9(8-10)12(13)20-14(15)19-11-4-2-3-7-18-11/h5-6,9-13H,2-4,7-8H2,1H3. The fourth-order valence-corrected chi connectivity index (χ4v) is 3.92. The van der Waals surface area contributed by atoms with Gasteiger partial charge in [-0.15, -0.1) is 0 Å². The van der Waals surface area contributed by atoms with Crippen LogP contribution in [0.3, 0.4) is 0 Å². The van der Waals surface area contributed by atoms with Crippen molar-refractivity contribution in [3.63, 3.8) is 0 Å². The molecule has 0 aromatic rings. The molecule has 2 bridgehead atoms. The van der Waals surface area contributed by atoms with Gasteiger partial charge in [0, 0.05) is 18.3 Å². The number of carbonyl (C=O) groups excluding carboxylic acids is 1. The van der Waals surface area contributed by atoms with Gasteiger partial charge in [-0.2, -0.15) is 8.42 Å². The summed E-state index contributed by atoms with van der Waals surface area (Å²) in [6.45, 7) is 0.564. The van der Waals surface area contributed by atoms with Gasteiger partial charge in [-0.1, -0.05) is 12.2 Å². The molecule has 2 aliphatic carbocycles. The highest BCUT2D eigenvalue weighted by atomic mass is 32.2. The van der Waals surface area contributed by atoms with Crippen molar-refractivity contribution in [2.75, 3.05) is 12.9 Å². The molecular formula is C14H20O7S. The van der Waals surface area contributed by atoms with E-state index in [1.54, 1.807) is 0 Å². The monoisotopic (exact) mass is 332 g/mol. The van der Waals surface area contributed by atoms with Crippen LogP contribution in [0.15, 0.2) is 12.2 Å². The SMILES string of the molecule is CS(=O)(=O)OC1C2C=CC(C2)C1OC(=O)OC1CCCCO1. The van der Waals surface area contributed by atoms with Crippen LogP contribution < -0.4 is 0 Å². The van der Waals surface area contributed by atoms with Gasteiger partial charge in [0.15, 0.2) is 0 Å². The highest BCUT2D eigenvalue weighted by Gasteiger charge is 2.49. The molecule has 0 amide bonds. The summed E-state index contributed by atoms with van der Waals surface area (Å²) in [6.07, 6.45) is 5.37. The van der Waals surface area contributed by atoms with Crippen LogP contribution in [0.25, 0.3) is 0 Å². The quantitative estimate of drug-likeness (QED) is 0.439. The molecule has 8 heteroatoms. The first-order valence-electron chi connectivity index (χ1n) is 7.48. The second-order valence-electron chi connectivity index (χ2n) is 5.96. The Hall–Kier alpha value is -1.12. The molecule has 3 aliphatic rings. The first kappa shape index (κ1) is 15.8. The molecule has 5 unspecified atom stereocenters. The summed E-state index contributed by atoms with van der Waals surface area (Å²) < 4.78 is 43.6. The molecule has 7 nitrogen and oxygen atoms in total. The smallest absolute Gasteiger partial charge is 0.427 e. The minimum Gasteiger partial charge on any atom is -0.427 e. The van der Waals surface area contributed by atoms with E-state index in [-0.39, 0.29) is 11.8 Å². The predicted octanol–water partition coefficient (Wildman–Crippen LogP) is 1.59. The van der Waals surface area contributed by atoms with Crippen LogP contribution >= 0.6 is 0 Å². The lowest BCUT2D eigenvalue weighted by Crippen LogP contribution is -2.39. The molecule has 1 saturated heterocycles. The lowest BCUT2D eigenvalue weighted by molar-refractivity contribution is -0.150. The zero-order valence-electron chi connectivity index (χ0n) is 12.3. The maximum Gasteiger partial charge on any atom is 0.510 e. The third-order valence-electron chi connectivity index (χ3n) is 4.20. The average Bonchev–Trinajstić information content (AvgIpc) is 3.01. The molecule has 1 saturated carbocycles. The first-order valence-corrected chi connectivity index (χ1v) is 9.29. The molecule has 1 aliphatic heterocycles. The van der Waals surface area contributed by atoms with Crippen LogP contribution in [-0.4, -0.2) is 45.9 Å². The zero-order valence-corrected chi connectivity index (χ0v) is 13.2. The fraction of sp³-hybridized carbons (Fsp3) is 0.786. The van der Waals surface area contributed by atoms with E-state index < -0.39 is 34.8 Å². The van der Waals surface area contributed by atoms with E-state index in [0.29, 0.717) is 13.0 Å². The molecule has 1 heterocycles. The van der Waals surface area contributed by atoms with E-state index >= 15 is 0 Å². The molecule has 5 atom stereocenters. The number of hydrogen-bond acceptors (Lipinski definition) is 7. The predicted molar refractivity (Wildman–Crippen MR) is 75.4 cm³/mol. The van der Waals surface area contributed by atoms with E-state index in [9.17, 15) is 13.2 Å². The fourth-order valence-electron chi connectivity index (χ4n) is 3.26. The molecule has 22 heavy (non-hydrogen) atoms. The summed E-state index contributed by atoms with van der Waals surface area (Å²) in [6, 6.07) is 0. The van der Waals surface area contributed by atoms with Gasteiger partial charge < -0.3 is 14.2 Å². The van der Waals surface area contributed by atoms with Crippen molar-refractivity contribution in [3.8, 4) is 0 Å². The maximum atomic E-state index is 11.9. The van der Waals surface area contributed by atoms with Gasteiger partial charge in [0.1, 0.15) is 12.2 Å². The average molecular weight is 332 g/mol. The topological polar surface area (TPSA) is 88.1 Å². The van der Waals surface area contributed by atoms with E-state index in [0.717, 1.165) is 25.5 Å². The van der Waals surface area contributed by atoms with Crippen molar-refractivity contribution in [1.82, 2.24) is 0 Å². The Labute approximate surface area is 129 Å². The largest absolute Gasteiger partial charge is 0.510 e. The summed E-state index contributed by atoms with van der Waals surface area (Å²) in [4.78, 5) is 11.9. The van der Waals surface area contributed by atoms with Gasteiger partial charge in [0.05, 0.1) is 12.9 Å². The Bertz CT molecular complexity index is 550. The lowest BCUT2D eigenvalue weighted by Gasteiger charge is -2.28. The minimum atomic E-state index is -3.62. The Kier molecular flexibility index (Phi) is 4.42. The van der Waals surface area contributed by atoms with Crippen LogP contribution in [0.5, 0.6) is 0 Å². The molecule has 124 valence electrons. The molecule has 0 aromatic heterocycles. The number of ether oxygens (including phenoxy) is 3. The van der Waals surface area contributed by atoms with E-state index in [1.165, 1.54) is 0 Å². The second-order valence-corrected chi connectivity index (χ2v) is 7.56. The lowest BCUT2D eigenvalue weighted by atomic mass is 10.0. The molecule has 0 spiro atoms. The van der Waals surface area contributed by atoms with E-state index in [2.05, 4.69) is 0 Å². The van der Waals surface area contributed by atoms with Crippen molar-refractivity contribution in [3.05, 3.63) is 12.2 Å². The van der Waals surface area contributed by atoms with Crippen molar-refractivity contribution in [1.29, 1.82) is 0 Å². The second kappa shape index (κ2) is 6.17. The normalized spacial score (nSPS) is 37.2. The number of carbonyl (C=O) groups is 1. The molecule has 2 fully saturated rings. The summed E-state index contributed by atoms with van der Waals surface area (Å²) in [5.41, 5.74) is 0. The number of hydrogen-bond donors (Lipinski definition) is 0. The highest BCUT2D eigenvalue weighted by molar-refractivity contribution is 7.86. The van der Waals surface area contributed by atoms with Crippen LogP contribution in [0.4, 0.5) is 4.79 Å². The van der Waals surface area contributed by atoms with Gasteiger partial charge in [-0.3, -0.25) is 4.18 Å². The Morgan fingerprint density at radius 2 is 1.86 bits per heavy atom. The molecular weight excluding hydrogens is 312 g/mol. The maximum absolute atomic E-state index is 11.9. The van der Waals surface area contributed by atoms with Crippen molar-refractivity contribution in [2.24, 2.45) is 11.8 Å². The van der Waals surface area contributed by atoms with Crippen molar-refractivity contribution < 1.29 is 31.6 Å². The third-order valence-corrected chi connectivity index (χ3v) is 4.77. The zero-order chi connectivity index (χ0) is 15.7. The van der Waals surface area contributed by atoms with Crippen LogP contribution in [-0.2, 0) is 28.5 Å². The van der Waals surface area contributed by atoms with Crippen LogP contribution in [0, 0.1) is 11.8 Å². The Morgan fingerprint density at radius 1 is 1.14 bits per heavy atom. The Balaban J connectivity index is 1.60. The highest BCUT2D eigenvalue weighted by Crippen LogP contribution is 2.43. The molecule has 3 rings (SSSR count). The molecule has 0 aromatic carbocycles. The Morgan fingerprint density at radius 3 is 2.50 bits per heavy atom. The number of rotatable bonds is 4. The van der Waals surface area contributed by atoms with Gasteiger partial charge in [0.2, 0.25) is 6.29 Å². The summed E-state index contributed by atoms with van der Waals surface area (Å²) in [5, 5.41) is 0. The molecule has 0 N–H and O–H groups in total. The van der Waals surface area contributed by atoms with Gasteiger partial charge in [-0.25, -0.2) is 4.79 Å². The first-order chi connectivity index (χ1) is 10.4. The van der Waals surface area contributed by atoms with Crippen LogP contribution in [0.1, 0.15) is 25.7 Å². The van der Waals surface area contributed by atoms with Gasteiger partial charge >= 0.3 is 6.16 Å². The van der Waals surface area contributed by atoms with Gasteiger partial charge in [0.25, 0.3) is 10.1 Å². The molecule has 0 radical (unpaired) electrons. The summed E-state index contributed by atoms with van der Waals surface area (Å²) in [5.74, 6) is -0.0833. The van der Waals surface area contributed by atoms with E-state index in [1.807, 2.05) is 12.2 Å². The van der Waals surface area contributed by atoms with Gasteiger partial charge in [-0.05, 0) is 19.3 Å².